The maximum Gasteiger partial charge on any atom is 0.251 e. The number of hydrogen-bond acceptors (Lipinski definition) is 6. The van der Waals surface area contributed by atoms with Crippen molar-refractivity contribution in [3.8, 4) is 17.2 Å². The van der Waals surface area contributed by atoms with Crippen molar-refractivity contribution in [1.29, 1.82) is 0 Å². The quantitative estimate of drug-likeness (QED) is 0.761. The van der Waals surface area contributed by atoms with Crippen LogP contribution < -0.4 is 24.6 Å². The van der Waals surface area contributed by atoms with Gasteiger partial charge in [0.05, 0.1) is 12.6 Å². The number of carbonyl (C=O) groups excluding carboxylic acids is 2. The van der Waals surface area contributed by atoms with Crippen molar-refractivity contribution < 1.29 is 28.9 Å². The third kappa shape index (κ3) is 4.69. The molecular weight excluding hydrogens is 350 g/mol. The number of carboxylic acid groups (broad SMARTS) is 1. The second-order valence-corrected chi connectivity index (χ2v) is 6.09. The first kappa shape index (κ1) is 18.6. The molecule has 0 bridgehead atoms. The molecule has 7 nitrogen and oxygen atoms in total. The van der Waals surface area contributed by atoms with E-state index in [1.165, 1.54) is 0 Å². The summed E-state index contributed by atoms with van der Waals surface area (Å²) in [7, 11) is 0. The lowest BCUT2D eigenvalue weighted by molar-refractivity contribution is -0.306. The number of carboxylic acids is 1. The van der Waals surface area contributed by atoms with E-state index in [9.17, 15) is 14.7 Å². The number of nitrogens with one attached hydrogen (secondary N) is 1. The van der Waals surface area contributed by atoms with E-state index in [2.05, 4.69) is 5.32 Å². The molecule has 1 amide bonds. The average Bonchev–Trinajstić information content (AvgIpc) is 3.13. The molecule has 0 fully saturated rings. The lowest BCUT2D eigenvalue weighted by atomic mass is 10.0. The number of ether oxygens (including phenoxy) is 3. The topological polar surface area (TPSA) is 96.9 Å². The second-order valence-electron chi connectivity index (χ2n) is 6.09. The largest absolute Gasteiger partial charge is 0.550 e. The van der Waals surface area contributed by atoms with E-state index in [0.29, 0.717) is 35.0 Å². The van der Waals surface area contributed by atoms with Gasteiger partial charge in [-0.1, -0.05) is 19.1 Å². The highest BCUT2D eigenvalue weighted by Gasteiger charge is 2.20. The van der Waals surface area contributed by atoms with Gasteiger partial charge in [0.25, 0.3) is 5.91 Å². The first-order chi connectivity index (χ1) is 13.1. The highest BCUT2D eigenvalue weighted by molar-refractivity contribution is 5.95. The number of carbonyl (C=O) groups is 2. The first-order valence-electron chi connectivity index (χ1n) is 8.70. The Hall–Kier alpha value is -3.22. The molecule has 7 heteroatoms. The van der Waals surface area contributed by atoms with E-state index in [1.807, 2.05) is 6.92 Å². The SMILES string of the molecule is CCCOc1ccc([C@@H](CC(=O)[O-])NC(=O)c2ccc3c(c2)OCO3)cc1. The summed E-state index contributed by atoms with van der Waals surface area (Å²) in [4.78, 5) is 23.7. The summed E-state index contributed by atoms with van der Waals surface area (Å²) in [6.45, 7) is 2.72. The minimum absolute atomic E-state index is 0.111. The molecule has 0 saturated heterocycles. The third-order valence-corrected chi connectivity index (χ3v) is 4.07. The second kappa shape index (κ2) is 8.44. The molecule has 0 aromatic heterocycles. The molecule has 0 radical (unpaired) electrons. The zero-order valence-corrected chi connectivity index (χ0v) is 14.9. The molecule has 0 saturated carbocycles. The van der Waals surface area contributed by atoms with Crippen LogP contribution in [0.4, 0.5) is 0 Å². The highest BCUT2D eigenvalue weighted by Crippen LogP contribution is 2.32. The molecular formula is C20H20NO6-. The monoisotopic (exact) mass is 370 g/mol. The fourth-order valence-corrected chi connectivity index (χ4v) is 2.71. The minimum atomic E-state index is -1.25. The average molecular weight is 370 g/mol. The molecule has 2 aromatic carbocycles. The summed E-state index contributed by atoms with van der Waals surface area (Å²) < 4.78 is 16.0. The van der Waals surface area contributed by atoms with E-state index in [4.69, 9.17) is 14.2 Å². The molecule has 0 aliphatic carbocycles. The number of fused-ring (bicyclic) bond motifs is 1. The molecule has 1 aliphatic rings. The predicted octanol–water partition coefficient (Wildman–Crippen LogP) is 1.82. The molecule has 1 N–H and O–H groups in total. The van der Waals surface area contributed by atoms with Crippen molar-refractivity contribution in [2.75, 3.05) is 13.4 Å². The lowest BCUT2D eigenvalue weighted by Gasteiger charge is -2.20. The molecule has 0 unspecified atom stereocenters. The van der Waals surface area contributed by atoms with Crippen LogP contribution in [0.2, 0.25) is 0 Å². The summed E-state index contributed by atoms with van der Waals surface area (Å²) in [5, 5.41) is 13.9. The molecule has 1 heterocycles. The van der Waals surface area contributed by atoms with Crippen LogP contribution in [-0.4, -0.2) is 25.3 Å². The highest BCUT2D eigenvalue weighted by atomic mass is 16.7. The van der Waals surface area contributed by atoms with Gasteiger partial charge >= 0.3 is 0 Å². The van der Waals surface area contributed by atoms with Crippen molar-refractivity contribution in [2.24, 2.45) is 0 Å². The van der Waals surface area contributed by atoms with Gasteiger partial charge in [0.15, 0.2) is 11.5 Å². The van der Waals surface area contributed by atoms with Crippen molar-refractivity contribution in [1.82, 2.24) is 5.32 Å². The van der Waals surface area contributed by atoms with Crippen LogP contribution in [0.15, 0.2) is 42.5 Å². The van der Waals surface area contributed by atoms with Crippen LogP contribution >= 0.6 is 0 Å². The van der Waals surface area contributed by atoms with E-state index in [1.54, 1.807) is 42.5 Å². The van der Waals surface area contributed by atoms with Crippen molar-refractivity contribution in [3.05, 3.63) is 53.6 Å². The van der Waals surface area contributed by atoms with E-state index in [-0.39, 0.29) is 13.2 Å². The molecule has 2 aromatic rings. The van der Waals surface area contributed by atoms with Crippen LogP contribution in [0, 0.1) is 0 Å². The Kier molecular flexibility index (Phi) is 5.80. The molecule has 3 rings (SSSR count). The molecule has 0 spiro atoms. The van der Waals surface area contributed by atoms with Gasteiger partial charge in [-0.25, -0.2) is 0 Å². The van der Waals surface area contributed by atoms with Crippen LogP contribution in [0.1, 0.15) is 41.7 Å². The fourth-order valence-electron chi connectivity index (χ4n) is 2.71. The Morgan fingerprint density at radius 1 is 1.15 bits per heavy atom. The molecule has 1 atom stereocenters. The molecule has 142 valence electrons. The van der Waals surface area contributed by atoms with Crippen molar-refractivity contribution in [3.63, 3.8) is 0 Å². The fraction of sp³-hybridized carbons (Fsp3) is 0.300. The zero-order valence-electron chi connectivity index (χ0n) is 14.9. The van der Waals surface area contributed by atoms with E-state index >= 15 is 0 Å². The van der Waals surface area contributed by atoms with Gasteiger partial charge in [-0.3, -0.25) is 4.79 Å². The Labute approximate surface area is 156 Å². The normalized spacial score (nSPS) is 13.1. The number of aliphatic carboxylic acids is 1. The zero-order chi connectivity index (χ0) is 19.2. The minimum Gasteiger partial charge on any atom is -0.550 e. The number of benzene rings is 2. The van der Waals surface area contributed by atoms with Crippen LogP contribution in [0.5, 0.6) is 17.2 Å². The standard InChI is InChI=1S/C20H21NO6/c1-2-9-25-15-6-3-13(4-7-15)16(11-19(22)23)21-20(24)14-5-8-17-18(10-14)27-12-26-17/h3-8,10,16H,2,9,11-12H2,1H3,(H,21,24)(H,22,23)/p-1/t16-/m1/s1. The third-order valence-electron chi connectivity index (χ3n) is 4.07. The number of rotatable bonds is 8. The molecule has 1 aliphatic heterocycles. The smallest absolute Gasteiger partial charge is 0.251 e. The Bertz CT molecular complexity index is 818. The molecule has 27 heavy (non-hydrogen) atoms. The van der Waals surface area contributed by atoms with Crippen LogP contribution in [-0.2, 0) is 4.79 Å². The Morgan fingerprint density at radius 2 is 1.89 bits per heavy atom. The van der Waals surface area contributed by atoms with Gasteiger partial charge in [-0.2, -0.15) is 0 Å². The lowest BCUT2D eigenvalue weighted by Crippen LogP contribution is -2.34. The summed E-state index contributed by atoms with van der Waals surface area (Å²) in [5.41, 5.74) is 1.00. The van der Waals surface area contributed by atoms with Gasteiger partial charge in [-0.05, 0) is 42.3 Å². The maximum absolute atomic E-state index is 12.6. The maximum atomic E-state index is 12.6. The van der Waals surface area contributed by atoms with Gasteiger partial charge < -0.3 is 29.4 Å². The number of hydrogen-bond donors (Lipinski definition) is 1. The van der Waals surface area contributed by atoms with Crippen LogP contribution in [0.3, 0.4) is 0 Å². The number of amides is 1. The first-order valence-corrected chi connectivity index (χ1v) is 8.70. The summed E-state index contributed by atoms with van der Waals surface area (Å²) in [6.07, 6.45) is 0.548. The summed E-state index contributed by atoms with van der Waals surface area (Å²) in [6, 6.07) is 11.0. The van der Waals surface area contributed by atoms with E-state index < -0.39 is 17.9 Å². The Morgan fingerprint density at radius 3 is 2.59 bits per heavy atom. The predicted molar refractivity (Wildman–Crippen MR) is 94.6 cm³/mol. The summed E-state index contributed by atoms with van der Waals surface area (Å²) in [5.74, 6) is 0.0788. The van der Waals surface area contributed by atoms with Crippen molar-refractivity contribution >= 4 is 11.9 Å². The van der Waals surface area contributed by atoms with Crippen molar-refractivity contribution in [2.45, 2.75) is 25.8 Å². The van der Waals surface area contributed by atoms with Gasteiger partial charge in [0, 0.05) is 18.0 Å². The summed E-state index contributed by atoms with van der Waals surface area (Å²) >= 11 is 0. The van der Waals surface area contributed by atoms with Gasteiger partial charge in [0.1, 0.15) is 5.75 Å². The Balaban J connectivity index is 1.74. The van der Waals surface area contributed by atoms with Gasteiger partial charge in [-0.15, -0.1) is 0 Å². The van der Waals surface area contributed by atoms with Crippen LogP contribution in [0.25, 0.3) is 0 Å². The van der Waals surface area contributed by atoms with E-state index in [0.717, 1.165) is 6.42 Å². The van der Waals surface area contributed by atoms with Gasteiger partial charge in [0.2, 0.25) is 6.79 Å².